The van der Waals surface area contributed by atoms with Gasteiger partial charge in [-0.25, -0.2) is 9.38 Å². The summed E-state index contributed by atoms with van der Waals surface area (Å²) in [7, 11) is 0. The number of ether oxygens (including phenoxy) is 1. The van der Waals surface area contributed by atoms with Gasteiger partial charge in [0.2, 0.25) is 0 Å². The van der Waals surface area contributed by atoms with Crippen molar-refractivity contribution in [3.8, 4) is 5.75 Å². The predicted octanol–water partition coefficient (Wildman–Crippen LogP) is 2.61. The highest BCUT2D eigenvalue weighted by molar-refractivity contribution is 14.0. The van der Waals surface area contributed by atoms with Gasteiger partial charge in [0.15, 0.2) is 5.96 Å². The number of alkyl halides is 2. The fraction of sp³-hybridized carbons (Fsp3) is 0.417. The molecule has 0 heterocycles. The van der Waals surface area contributed by atoms with E-state index in [0.29, 0.717) is 6.04 Å². The molecule has 8 heteroatoms. The third kappa shape index (κ3) is 5.06. The third-order valence-corrected chi connectivity index (χ3v) is 2.63. The van der Waals surface area contributed by atoms with E-state index in [2.05, 4.69) is 15.0 Å². The largest absolute Gasteiger partial charge is 0.434 e. The van der Waals surface area contributed by atoms with Gasteiger partial charge in [0.05, 0.1) is 12.1 Å². The van der Waals surface area contributed by atoms with Crippen molar-refractivity contribution in [2.24, 2.45) is 10.7 Å². The van der Waals surface area contributed by atoms with Gasteiger partial charge in [-0.15, -0.1) is 24.0 Å². The summed E-state index contributed by atoms with van der Waals surface area (Å²) >= 11 is 0. The molecule has 0 amide bonds. The van der Waals surface area contributed by atoms with Crippen LogP contribution in [0.2, 0.25) is 0 Å². The van der Waals surface area contributed by atoms with E-state index in [0.717, 1.165) is 18.9 Å². The quantitative estimate of drug-likeness (QED) is 0.453. The number of nitrogens with one attached hydrogen (secondary N) is 1. The lowest BCUT2D eigenvalue weighted by Gasteiger charge is -2.10. The maximum absolute atomic E-state index is 13.6. The van der Waals surface area contributed by atoms with E-state index in [1.807, 2.05) is 0 Å². The molecular formula is C12H15F3IN3O. The Hall–Kier alpha value is -1.19. The number of hydrogen-bond donors (Lipinski definition) is 2. The Morgan fingerprint density at radius 3 is 2.75 bits per heavy atom. The second-order valence-corrected chi connectivity index (χ2v) is 4.22. The number of hydrogen-bond acceptors (Lipinski definition) is 2. The maximum atomic E-state index is 13.6. The van der Waals surface area contributed by atoms with Crippen LogP contribution in [0.25, 0.3) is 0 Å². The van der Waals surface area contributed by atoms with Crippen molar-refractivity contribution in [1.29, 1.82) is 0 Å². The summed E-state index contributed by atoms with van der Waals surface area (Å²) in [5, 5.41) is 2.92. The molecule has 2 rings (SSSR count). The smallest absolute Gasteiger partial charge is 0.387 e. The number of halogens is 4. The molecule has 3 N–H and O–H groups in total. The maximum Gasteiger partial charge on any atom is 0.387 e. The Morgan fingerprint density at radius 1 is 1.45 bits per heavy atom. The van der Waals surface area contributed by atoms with Gasteiger partial charge in [-0.2, -0.15) is 8.78 Å². The zero-order chi connectivity index (χ0) is 13.8. The molecule has 1 saturated carbocycles. The number of aliphatic imine (C=N–C) groups is 1. The molecule has 0 saturated heterocycles. The second-order valence-electron chi connectivity index (χ2n) is 4.22. The van der Waals surface area contributed by atoms with Crippen molar-refractivity contribution in [3.63, 3.8) is 0 Å². The molecule has 0 aromatic heterocycles. The minimum atomic E-state index is -3.01. The van der Waals surface area contributed by atoms with Gasteiger partial charge >= 0.3 is 6.61 Å². The minimum Gasteiger partial charge on any atom is -0.434 e. The molecule has 1 fully saturated rings. The molecule has 0 bridgehead atoms. The fourth-order valence-electron chi connectivity index (χ4n) is 1.55. The van der Waals surface area contributed by atoms with Crippen molar-refractivity contribution in [2.75, 3.05) is 0 Å². The summed E-state index contributed by atoms with van der Waals surface area (Å²) in [5.74, 6) is -0.701. The highest BCUT2D eigenvalue weighted by Gasteiger charge is 2.21. The summed E-state index contributed by atoms with van der Waals surface area (Å²) in [6, 6.07) is 4.05. The van der Waals surface area contributed by atoms with Gasteiger partial charge in [0.25, 0.3) is 0 Å². The number of benzene rings is 1. The summed E-state index contributed by atoms with van der Waals surface area (Å²) in [6.45, 7) is -3.16. The first-order chi connectivity index (χ1) is 9.06. The van der Waals surface area contributed by atoms with Crippen LogP contribution in [0, 0.1) is 5.82 Å². The van der Waals surface area contributed by atoms with Crippen LogP contribution in [0.5, 0.6) is 5.75 Å². The lowest BCUT2D eigenvalue weighted by Crippen LogP contribution is -2.33. The van der Waals surface area contributed by atoms with Crippen LogP contribution in [0.1, 0.15) is 18.4 Å². The summed E-state index contributed by atoms with van der Waals surface area (Å²) in [5.41, 5.74) is 5.55. The van der Waals surface area contributed by atoms with Gasteiger partial charge < -0.3 is 15.8 Å². The highest BCUT2D eigenvalue weighted by Crippen LogP contribution is 2.24. The van der Waals surface area contributed by atoms with Crippen molar-refractivity contribution >= 4 is 29.9 Å². The number of nitrogens with zero attached hydrogens (tertiary/aromatic N) is 1. The van der Waals surface area contributed by atoms with Gasteiger partial charge in [-0.05, 0) is 25.0 Å². The van der Waals surface area contributed by atoms with Crippen LogP contribution in [-0.2, 0) is 6.54 Å². The van der Waals surface area contributed by atoms with Crippen LogP contribution in [-0.4, -0.2) is 18.6 Å². The molecule has 4 nitrogen and oxygen atoms in total. The summed E-state index contributed by atoms with van der Waals surface area (Å²) in [6.07, 6.45) is 2.05. The Balaban J connectivity index is 0.00000200. The lowest BCUT2D eigenvalue weighted by atomic mass is 10.2. The van der Waals surface area contributed by atoms with E-state index < -0.39 is 12.4 Å². The molecule has 1 aromatic rings. The highest BCUT2D eigenvalue weighted by atomic mass is 127. The van der Waals surface area contributed by atoms with E-state index in [9.17, 15) is 13.2 Å². The van der Waals surface area contributed by atoms with Crippen LogP contribution in [0.15, 0.2) is 23.2 Å². The summed E-state index contributed by atoms with van der Waals surface area (Å²) < 4.78 is 42.2. The first-order valence-electron chi connectivity index (χ1n) is 5.85. The standard InChI is InChI=1S/C12H14F3N3O.HI/c13-9-2-1-3-10(19-11(14)15)8(9)6-17-12(16)18-7-4-5-7;/h1-3,7,11H,4-6H2,(H3,16,17,18);1H. The Morgan fingerprint density at radius 2 is 2.15 bits per heavy atom. The van der Waals surface area contributed by atoms with Crippen molar-refractivity contribution in [3.05, 3.63) is 29.6 Å². The molecule has 20 heavy (non-hydrogen) atoms. The van der Waals surface area contributed by atoms with E-state index >= 15 is 0 Å². The molecule has 0 atom stereocenters. The zero-order valence-electron chi connectivity index (χ0n) is 10.5. The number of rotatable bonds is 5. The van der Waals surface area contributed by atoms with Crippen molar-refractivity contribution in [2.45, 2.75) is 32.0 Å². The Bertz CT molecular complexity index is 481. The zero-order valence-corrected chi connectivity index (χ0v) is 12.8. The fourth-order valence-corrected chi connectivity index (χ4v) is 1.55. The van der Waals surface area contributed by atoms with Crippen molar-refractivity contribution < 1.29 is 17.9 Å². The van der Waals surface area contributed by atoms with Gasteiger partial charge in [0.1, 0.15) is 11.6 Å². The minimum absolute atomic E-state index is 0. The molecule has 112 valence electrons. The van der Waals surface area contributed by atoms with Crippen molar-refractivity contribution in [1.82, 2.24) is 5.32 Å². The first-order valence-corrected chi connectivity index (χ1v) is 5.85. The Labute approximate surface area is 131 Å². The van der Waals surface area contributed by atoms with Gasteiger partial charge in [-0.3, -0.25) is 0 Å². The van der Waals surface area contributed by atoms with E-state index in [4.69, 9.17) is 5.73 Å². The van der Waals surface area contributed by atoms with Crippen LogP contribution in [0.4, 0.5) is 13.2 Å². The average Bonchev–Trinajstić information content (AvgIpc) is 3.11. The Kier molecular flexibility index (Phi) is 6.37. The molecular weight excluding hydrogens is 386 g/mol. The molecule has 0 aliphatic heterocycles. The molecule has 1 aliphatic carbocycles. The topological polar surface area (TPSA) is 59.6 Å². The first kappa shape index (κ1) is 16.9. The molecule has 1 aliphatic rings. The summed E-state index contributed by atoms with van der Waals surface area (Å²) in [4.78, 5) is 3.92. The van der Waals surface area contributed by atoms with Crippen LogP contribution in [0.3, 0.4) is 0 Å². The van der Waals surface area contributed by atoms with E-state index in [1.54, 1.807) is 0 Å². The normalized spacial score (nSPS) is 14.9. The van der Waals surface area contributed by atoms with E-state index in [1.165, 1.54) is 12.1 Å². The van der Waals surface area contributed by atoms with E-state index in [-0.39, 0.29) is 47.8 Å². The molecule has 0 radical (unpaired) electrons. The SMILES string of the molecule is I.NC(=NCc1c(F)cccc1OC(F)F)NC1CC1. The van der Waals surface area contributed by atoms with Gasteiger partial charge in [-0.1, -0.05) is 6.07 Å². The molecule has 0 unspecified atom stereocenters. The average molecular weight is 401 g/mol. The third-order valence-electron chi connectivity index (χ3n) is 2.63. The number of nitrogens with two attached hydrogens (primary N) is 1. The monoisotopic (exact) mass is 401 g/mol. The molecule has 1 aromatic carbocycles. The second kappa shape index (κ2) is 7.55. The molecule has 0 spiro atoms. The van der Waals surface area contributed by atoms with Gasteiger partial charge in [0, 0.05) is 6.04 Å². The lowest BCUT2D eigenvalue weighted by molar-refractivity contribution is -0.0506. The number of guanidine groups is 1. The predicted molar refractivity (Wildman–Crippen MR) is 79.9 cm³/mol. The van der Waals surface area contributed by atoms with Crippen LogP contribution >= 0.6 is 24.0 Å². The van der Waals surface area contributed by atoms with Crippen LogP contribution < -0.4 is 15.8 Å².